The smallest absolute Gasteiger partial charge is 0.282 e. The first-order valence-corrected chi connectivity index (χ1v) is 10.4. The number of unbranched alkanes of at least 4 members (excludes halogenated alkanes) is 1. The Balaban J connectivity index is 1.92. The highest BCUT2D eigenvalue weighted by Crippen LogP contribution is 2.19. The molecule has 1 amide bonds. The van der Waals surface area contributed by atoms with Gasteiger partial charge in [-0.3, -0.25) is 4.79 Å². The van der Waals surface area contributed by atoms with E-state index >= 15 is 0 Å². The Labute approximate surface area is 141 Å². The van der Waals surface area contributed by atoms with Gasteiger partial charge in [0.2, 0.25) is 5.91 Å². The van der Waals surface area contributed by atoms with Gasteiger partial charge < -0.3 is 4.90 Å². The Morgan fingerprint density at radius 2 is 1.57 bits per heavy atom. The van der Waals surface area contributed by atoms with E-state index in [2.05, 4.69) is 6.92 Å². The molecule has 0 aromatic rings. The Hall–Kier alpha value is -0.660. The van der Waals surface area contributed by atoms with Crippen molar-refractivity contribution in [2.24, 2.45) is 5.92 Å². The molecule has 2 aliphatic rings. The minimum Gasteiger partial charge on any atom is -0.341 e. The molecule has 6 nitrogen and oxygen atoms in total. The van der Waals surface area contributed by atoms with E-state index in [9.17, 15) is 13.2 Å². The lowest BCUT2D eigenvalue weighted by molar-refractivity contribution is -0.135. The van der Waals surface area contributed by atoms with Crippen molar-refractivity contribution in [2.45, 2.75) is 52.4 Å². The summed E-state index contributed by atoms with van der Waals surface area (Å²) in [5.74, 6) is 0.218. The minimum atomic E-state index is -3.34. The van der Waals surface area contributed by atoms with E-state index in [1.54, 1.807) is 8.61 Å². The van der Waals surface area contributed by atoms with Crippen molar-refractivity contribution in [3.63, 3.8) is 0 Å². The van der Waals surface area contributed by atoms with Crippen LogP contribution in [-0.2, 0) is 15.0 Å². The van der Waals surface area contributed by atoms with Gasteiger partial charge in [-0.1, -0.05) is 26.7 Å². The monoisotopic (exact) mass is 345 g/mol. The lowest BCUT2D eigenvalue weighted by atomic mass is 10.0. The molecule has 0 radical (unpaired) electrons. The number of hydrogen-bond acceptors (Lipinski definition) is 3. The summed E-state index contributed by atoms with van der Waals surface area (Å²) < 4.78 is 28.4. The number of amides is 1. The summed E-state index contributed by atoms with van der Waals surface area (Å²) in [5, 5.41) is 0. The zero-order chi connectivity index (χ0) is 16.9. The van der Waals surface area contributed by atoms with Crippen molar-refractivity contribution in [1.29, 1.82) is 0 Å². The maximum Gasteiger partial charge on any atom is 0.282 e. The molecule has 0 aromatic heterocycles. The van der Waals surface area contributed by atoms with Crippen LogP contribution in [0.4, 0.5) is 0 Å². The number of hydrogen-bond donors (Lipinski definition) is 0. The molecule has 0 bridgehead atoms. The minimum absolute atomic E-state index is 0.0386. The van der Waals surface area contributed by atoms with E-state index in [0.29, 0.717) is 39.3 Å². The number of nitrogens with zero attached hydrogens (tertiary/aromatic N) is 3. The first-order valence-electron chi connectivity index (χ1n) is 9.00. The fourth-order valence-corrected chi connectivity index (χ4v) is 5.09. The largest absolute Gasteiger partial charge is 0.341 e. The summed E-state index contributed by atoms with van der Waals surface area (Å²) in [4.78, 5) is 14.4. The van der Waals surface area contributed by atoms with E-state index in [-0.39, 0.29) is 11.8 Å². The SMILES string of the molecule is CCCC[C@@H](C)C(=O)N1CCCN(S(=O)(=O)N2CCCC2)CC1. The second-order valence-electron chi connectivity index (χ2n) is 6.74. The van der Waals surface area contributed by atoms with Crippen LogP contribution >= 0.6 is 0 Å². The average molecular weight is 346 g/mol. The van der Waals surface area contributed by atoms with E-state index < -0.39 is 10.2 Å². The summed E-state index contributed by atoms with van der Waals surface area (Å²) in [6, 6.07) is 0. The van der Waals surface area contributed by atoms with Gasteiger partial charge in [0.15, 0.2) is 0 Å². The highest BCUT2D eigenvalue weighted by Gasteiger charge is 2.33. The van der Waals surface area contributed by atoms with Crippen molar-refractivity contribution in [2.75, 3.05) is 39.3 Å². The highest BCUT2D eigenvalue weighted by atomic mass is 32.2. The van der Waals surface area contributed by atoms with Gasteiger partial charge in [0.1, 0.15) is 0 Å². The molecule has 2 fully saturated rings. The molecular weight excluding hydrogens is 314 g/mol. The summed E-state index contributed by atoms with van der Waals surface area (Å²) >= 11 is 0. The van der Waals surface area contributed by atoms with E-state index in [0.717, 1.165) is 38.5 Å². The molecule has 1 atom stereocenters. The lowest BCUT2D eigenvalue weighted by Gasteiger charge is -2.27. The van der Waals surface area contributed by atoms with E-state index in [4.69, 9.17) is 0 Å². The predicted octanol–water partition coefficient (Wildman–Crippen LogP) is 1.69. The molecule has 0 aliphatic carbocycles. The molecule has 0 aromatic carbocycles. The van der Waals surface area contributed by atoms with Crippen LogP contribution in [0, 0.1) is 5.92 Å². The van der Waals surface area contributed by atoms with Gasteiger partial charge >= 0.3 is 0 Å². The van der Waals surface area contributed by atoms with Gasteiger partial charge in [-0.2, -0.15) is 17.0 Å². The fourth-order valence-electron chi connectivity index (χ4n) is 3.37. The number of rotatable bonds is 6. The highest BCUT2D eigenvalue weighted by molar-refractivity contribution is 7.86. The molecule has 134 valence electrons. The van der Waals surface area contributed by atoms with Gasteiger partial charge in [0.05, 0.1) is 0 Å². The zero-order valence-electron chi connectivity index (χ0n) is 14.5. The van der Waals surface area contributed by atoms with E-state index in [1.165, 1.54) is 0 Å². The molecule has 2 aliphatic heterocycles. The Morgan fingerprint density at radius 3 is 2.22 bits per heavy atom. The molecule has 7 heteroatoms. The van der Waals surface area contributed by atoms with Crippen molar-refractivity contribution in [3.8, 4) is 0 Å². The van der Waals surface area contributed by atoms with Gasteiger partial charge in [-0.15, -0.1) is 0 Å². The van der Waals surface area contributed by atoms with Gasteiger partial charge in [0.25, 0.3) is 10.2 Å². The normalized spacial score (nSPS) is 23.0. The first kappa shape index (κ1) is 18.7. The van der Waals surface area contributed by atoms with Crippen molar-refractivity contribution < 1.29 is 13.2 Å². The third-order valence-corrected chi connectivity index (χ3v) is 6.93. The van der Waals surface area contributed by atoms with Crippen LogP contribution < -0.4 is 0 Å². The summed E-state index contributed by atoms with van der Waals surface area (Å²) in [6.45, 7) is 7.51. The van der Waals surface area contributed by atoms with Gasteiger partial charge in [0, 0.05) is 45.2 Å². The maximum atomic E-state index is 12.6. The maximum absolute atomic E-state index is 12.6. The molecule has 0 spiro atoms. The second-order valence-corrected chi connectivity index (χ2v) is 8.66. The van der Waals surface area contributed by atoms with Gasteiger partial charge in [-0.05, 0) is 25.7 Å². The first-order chi connectivity index (χ1) is 11.0. The Bertz CT molecular complexity index is 489. The molecular formula is C16H31N3O3S. The predicted molar refractivity (Wildman–Crippen MR) is 91.2 cm³/mol. The fraction of sp³-hybridized carbons (Fsp3) is 0.938. The molecule has 2 heterocycles. The Morgan fingerprint density at radius 1 is 0.957 bits per heavy atom. The molecule has 23 heavy (non-hydrogen) atoms. The van der Waals surface area contributed by atoms with Crippen LogP contribution in [0.5, 0.6) is 0 Å². The molecule has 0 unspecified atom stereocenters. The van der Waals surface area contributed by atoms with Crippen LogP contribution in [0.1, 0.15) is 52.4 Å². The van der Waals surface area contributed by atoms with Crippen molar-refractivity contribution in [3.05, 3.63) is 0 Å². The topological polar surface area (TPSA) is 60.9 Å². The van der Waals surface area contributed by atoms with Crippen molar-refractivity contribution >= 4 is 16.1 Å². The summed E-state index contributed by atoms with van der Waals surface area (Å²) in [7, 11) is -3.34. The summed E-state index contributed by atoms with van der Waals surface area (Å²) in [5.41, 5.74) is 0. The van der Waals surface area contributed by atoms with Crippen LogP contribution in [0.25, 0.3) is 0 Å². The summed E-state index contributed by atoms with van der Waals surface area (Å²) in [6.07, 6.45) is 5.70. The van der Waals surface area contributed by atoms with Crippen LogP contribution in [0.15, 0.2) is 0 Å². The number of carbonyl (C=O) groups is 1. The lowest BCUT2D eigenvalue weighted by Crippen LogP contribution is -2.44. The molecule has 0 saturated carbocycles. The van der Waals surface area contributed by atoms with Crippen LogP contribution in [0.2, 0.25) is 0 Å². The van der Waals surface area contributed by atoms with Crippen molar-refractivity contribution in [1.82, 2.24) is 13.5 Å². The third kappa shape index (κ3) is 4.67. The average Bonchev–Trinajstić information content (AvgIpc) is 2.97. The van der Waals surface area contributed by atoms with Gasteiger partial charge in [-0.25, -0.2) is 0 Å². The van der Waals surface area contributed by atoms with E-state index in [1.807, 2.05) is 11.8 Å². The number of carbonyl (C=O) groups excluding carboxylic acids is 1. The molecule has 2 saturated heterocycles. The van der Waals surface area contributed by atoms with Crippen LogP contribution in [0.3, 0.4) is 0 Å². The second kappa shape index (κ2) is 8.44. The molecule has 2 rings (SSSR count). The zero-order valence-corrected chi connectivity index (χ0v) is 15.4. The third-order valence-electron chi connectivity index (χ3n) is 4.90. The molecule has 0 N–H and O–H groups in total. The van der Waals surface area contributed by atoms with Crippen LogP contribution in [-0.4, -0.2) is 67.1 Å². The standard InChI is InChI=1S/C16H31N3O3S/c1-3-4-8-15(2)16(20)17-9-7-12-19(14-13-17)23(21,22)18-10-5-6-11-18/h15H,3-14H2,1-2H3/t15-/m1/s1. The quantitative estimate of drug-likeness (QED) is 0.736. The Kier molecular flexibility index (Phi) is 6.85.